The molecule has 86 valence electrons. The summed E-state index contributed by atoms with van der Waals surface area (Å²) in [6.45, 7) is 4.55. The van der Waals surface area contributed by atoms with Crippen molar-refractivity contribution >= 4 is 5.97 Å². The van der Waals surface area contributed by atoms with Crippen molar-refractivity contribution in [3.8, 4) is 0 Å². The smallest absolute Gasteiger partial charge is 0.336 e. The van der Waals surface area contributed by atoms with Gasteiger partial charge in [0.2, 0.25) is 0 Å². The summed E-state index contributed by atoms with van der Waals surface area (Å²) in [6.07, 6.45) is 0. The fourth-order valence-corrected chi connectivity index (χ4v) is 2.19. The standard InChI is InChI=1S/C12H16N2O2/c1-8-3-2-4-9(12(15)16)11(8)10-7-13-5-6-14-10/h2-4,10,13-14H,5-7H2,1H3,(H,15,16). The van der Waals surface area contributed by atoms with Crippen LogP contribution in [0.1, 0.15) is 27.5 Å². The van der Waals surface area contributed by atoms with Gasteiger partial charge in [-0.05, 0) is 24.1 Å². The maximum atomic E-state index is 11.2. The molecule has 0 aliphatic carbocycles. The zero-order chi connectivity index (χ0) is 11.5. The summed E-state index contributed by atoms with van der Waals surface area (Å²) in [7, 11) is 0. The van der Waals surface area contributed by atoms with E-state index in [0.29, 0.717) is 5.56 Å². The Labute approximate surface area is 94.7 Å². The molecule has 1 atom stereocenters. The summed E-state index contributed by atoms with van der Waals surface area (Å²) in [5, 5.41) is 15.8. The van der Waals surface area contributed by atoms with Crippen molar-refractivity contribution in [2.24, 2.45) is 0 Å². The van der Waals surface area contributed by atoms with Crippen LogP contribution in [0.15, 0.2) is 18.2 Å². The van der Waals surface area contributed by atoms with Gasteiger partial charge in [-0.2, -0.15) is 0 Å². The van der Waals surface area contributed by atoms with Crippen molar-refractivity contribution < 1.29 is 9.90 Å². The Morgan fingerprint density at radius 1 is 1.44 bits per heavy atom. The lowest BCUT2D eigenvalue weighted by Crippen LogP contribution is -2.43. The van der Waals surface area contributed by atoms with Crippen LogP contribution in [-0.4, -0.2) is 30.7 Å². The van der Waals surface area contributed by atoms with E-state index in [1.54, 1.807) is 12.1 Å². The molecule has 1 aliphatic rings. The Hall–Kier alpha value is -1.39. The summed E-state index contributed by atoms with van der Waals surface area (Å²) in [5.41, 5.74) is 2.34. The van der Waals surface area contributed by atoms with Gasteiger partial charge in [0.05, 0.1) is 5.56 Å². The zero-order valence-electron chi connectivity index (χ0n) is 9.29. The van der Waals surface area contributed by atoms with Gasteiger partial charge in [-0.25, -0.2) is 4.79 Å². The molecule has 4 nitrogen and oxygen atoms in total. The van der Waals surface area contributed by atoms with Crippen LogP contribution in [0, 0.1) is 6.92 Å². The van der Waals surface area contributed by atoms with E-state index in [1.807, 2.05) is 13.0 Å². The molecule has 2 rings (SSSR count). The first-order chi connectivity index (χ1) is 7.70. The molecule has 1 aromatic rings. The minimum atomic E-state index is -0.855. The number of piperazine rings is 1. The second-order valence-electron chi connectivity index (χ2n) is 4.05. The van der Waals surface area contributed by atoms with Crippen LogP contribution < -0.4 is 10.6 Å². The molecule has 16 heavy (non-hydrogen) atoms. The first kappa shape index (κ1) is 11.1. The van der Waals surface area contributed by atoms with Crippen LogP contribution in [0.25, 0.3) is 0 Å². The van der Waals surface area contributed by atoms with Gasteiger partial charge in [0, 0.05) is 25.7 Å². The number of hydrogen-bond acceptors (Lipinski definition) is 3. The Kier molecular flexibility index (Phi) is 3.22. The Morgan fingerprint density at radius 3 is 2.88 bits per heavy atom. The van der Waals surface area contributed by atoms with E-state index in [4.69, 9.17) is 0 Å². The van der Waals surface area contributed by atoms with E-state index in [0.717, 1.165) is 30.8 Å². The molecule has 1 aromatic carbocycles. The number of carbonyl (C=O) groups is 1. The summed E-state index contributed by atoms with van der Waals surface area (Å²) in [4.78, 5) is 11.2. The van der Waals surface area contributed by atoms with Crippen molar-refractivity contribution in [2.75, 3.05) is 19.6 Å². The van der Waals surface area contributed by atoms with Crippen LogP contribution in [0.5, 0.6) is 0 Å². The van der Waals surface area contributed by atoms with E-state index in [-0.39, 0.29) is 6.04 Å². The second-order valence-corrected chi connectivity index (χ2v) is 4.05. The van der Waals surface area contributed by atoms with Gasteiger partial charge in [0.15, 0.2) is 0 Å². The third-order valence-electron chi connectivity index (χ3n) is 2.94. The van der Waals surface area contributed by atoms with Gasteiger partial charge >= 0.3 is 5.97 Å². The predicted molar refractivity (Wildman–Crippen MR) is 61.8 cm³/mol. The minimum Gasteiger partial charge on any atom is -0.478 e. The van der Waals surface area contributed by atoms with Gasteiger partial charge in [0.1, 0.15) is 0 Å². The van der Waals surface area contributed by atoms with Crippen LogP contribution in [0.4, 0.5) is 0 Å². The third kappa shape index (κ3) is 2.08. The van der Waals surface area contributed by atoms with Crippen LogP contribution >= 0.6 is 0 Å². The third-order valence-corrected chi connectivity index (χ3v) is 2.94. The summed E-state index contributed by atoms with van der Waals surface area (Å²) < 4.78 is 0. The van der Waals surface area contributed by atoms with Crippen molar-refractivity contribution in [1.29, 1.82) is 0 Å². The van der Waals surface area contributed by atoms with E-state index >= 15 is 0 Å². The molecule has 0 saturated carbocycles. The Morgan fingerprint density at radius 2 is 2.25 bits per heavy atom. The number of benzene rings is 1. The van der Waals surface area contributed by atoms with E-state index in [1.165, 1.54) is 0 Å². The lowest BCUT2D eigenvalue weighted by atomic mass is 9.94. The number of aromatic carboxylic acids is 1. The first-order valence-corrected chi connectivity index (χ1v) is 5.47. The number of carboxylic acids is 1. The van der Waals surface area contributed by atoms with Crippen molar-refractivity contribution in [3.63, 3.8) is 0 Å². The molecular formula is C12H16N2O2. The minimum absolute atomic E-state index is 0.0982. The average molecular weight is 220 g/mol. The molecule has 0 aromatic heterocycles. The Balaban J connectivity index is 2.40. The number of aryl methyl sites for hydroxylation is 1. The average Bonchev–Trinajstić information content (AvgIpc) is 2.29. The van der Waals surface area contributed by atoms with Crippen molar-refractivity contribution in [1.82, 2.24) is 10.6 Å². The molecule has 3 N–H and O–H groups in total. The molecule has 0 amide bonds. The van der Waals surface area contributed by atoms with Gasteiger partial charge in [-0.15, -0.1) is 0 Å². The van der Waals surface area contributed by atoms with Gasteiger partial charge in [-0.1, -0.05) is 12.1 Å². The first-order valence-electron chi connectivity index (χ1n) is 5.47. The number of nitrogens with one attached hydrogen (secondary N) is 2. The van der Waals surface area contributed by atoms with Crippen molar-refractivity contribution in [3.05, 3.63) is 34.9 Å². The molecule has 0 radical (unpaired) electrons. The highest BCUT2D eigenvalue weighted by molar-refractivity contribution is 5.90. The molecule has 0 bridgehead atoms. The van der Waals surface area contributed by atoms with Crippen LogP contribution in [0.2, 0.25) is 0 Å². The zero-order valence-corrected chi connectivity index (χ0v) is 9.29. The fourth-order valence-electron chi connectivity index (χ4n) is 2.19. The molecule has 1 unspecified atom stereocenters. The van der Waals surface area contributed by atoms with E-state index < -0.39 is 5.97 Å². The Bertz CT molecular complexity index is 398. The highest BCUT2D eigenvalue weighted by Gasteiger charge is 2.21. The van der Waals surface area contributed by atoms with E-state index in [2.05, 4.69) is 10.6 Å². The fraction of sp³-hybridized carbons (Fsp3) is 0.417. The predicted octanol–water partition coefficient (Wildman–Crippen LogP) is 0.927. The van der Waals surface area contributed by atoms with Gasteiger partial charge < -0.3 is 15.7 Å². The topological polar surface area (TPSA) is 61.4 Å². The quantitative estimate of drug-likeness (QED) is 0.694. The number of carboxylic acid groups (broad SMARTS) is 1. The molecule has 4 heteroatoms. The normalized spacial score (nSPS) is 20.7. The SMILES string of the molecule is Cc1cccc(C(=O)O)c1C1CNCCN1. The van der Waals surface area contributed by atoms with Crippen LogP contribution in [-0.2, 0) is 0 Å². The molecule has 1 saturated heterocycles. The lowest BCUT2D eigenvalue weighted by Gasteiger charge is -2.27. The highest BCUT2D eigenvalue weighted by Crippen LogP contribution is 2.22. The number of rotatable bonds is 2. The lowest BCUT2D eigenvalue weighted by molar-refractivity contribution is 0.0694. The molecule has 1 aliphatic heterocycles. The van der Waals surface area contributed by atoms with Gasteiger partial charge in [0.25, 0.3) is 0 Å². The van der Waals surface area contributed by atoms with E-state index in [9.17, 15) is 9.90 Å². The summed E-state index contributed by atoms with van der Waals surface area (Å²) >= 11 is 0. The second kappa shape index (κ2) is 4.63. The molecular weight excluding hydrogens is 204 g/mol. The number of hydrogen-bond donors (Lipinski definition) is 3. The largest absolute Gasteiger partial charge is 0.478 e. The maximum absolute atomic E-state index is 11.2. The van der Waals surface area contributed by atoms with Gasteiger partial charge in [-0.3, -0.25) is 0 Å². The molecule has 0 spiro atoms. The monoisotopic (exact) mass is 220 g/mol. The molecule has 1 heterocycles. The summed E-state index contributed by atoms with van der Waals surface area (Å²) in [5.74, 6) is -0.855. The highest BCUT2D eigenvalue weighted by atomic mass is 16.4. The summed E-state index contributed by atoms with van der Waals surface area (Å²) in [6, 6.07) is 5.51. The maximum Gasteiger partial charge on any atom is 0.336 e. The molecule has 1 fully saturated rings. The van der Waals surface area contributed by atoms with Crippen LogP contribution in [0.3, 0.4) is 0 Å². The van der Waals surface area contributed by atoms with Crippen molar-refractivity contribution in [2.45, 2.75) is 13.0 Å².